The lowest BCUT2D eigenvalue weighted by Gasteiger charge is -2.49. The van der Waals surface area contributed by atoms with Crippen molar-refractivity contribution >= 4 is 29.5 Å². The van der Waals surface area contributed by atoms with Crippen LogP contribution in [-0.4, -0.2) is 56.6 Å². The number of β-lactam (4-membered cyclic amide) rings is 1. The van der Waals surface area contributed by atoms with E-state index in [0.29, 0.717) is 11.1 Å². The van der Waals surface area contributed by atoms with Gasteiger partial charge in [-0.15, -0.1) is 11.8 Å². The molecule has 1 aromatic rings. The molecule has 1 saturated heterocycles. The fourth-order valence-corrected chi connectivity index (χ4v) is 4.33. The number of carbonyl (C=O) groups is 3. The SMILES string of the molecule is [N-]=[N+]=NCC1=C(C(=O)O)N2C(=O)C(NC(=O)[C@H](N)c3ccc(O)cc3)[C@H]2SC1. The molecule has 3 rings (SSSR count). The molecule has 1 unspecified atom stereocenters. The van der Waals surface area contributed by atoms with Gasteiger partial charge in [0.25, 0.3) is 5.91 Å². The Kier molecular flexibility index (Phi) is 5.45. The van der Waals surface area contributed by atoms with E-state index in [1.165, 1.54) is 36.0 Å². The largest absolute Gasteiger partial charge is 0.508 e. The number of amides is 2. The van der Waals surface area contributed by atoms with Crippen LogP contribution in [0.5, 0.6) is 5.75 Å². The number of nitrogens with one attached hydrogen (secondary N) is 1. The maximum atomic E-state index is 12.5. The number of rotatable bonds is 6. The molecule has 0 bridgehead atoms. The monoisotopic (exact) mass is 404 g/mol. The maximum Gasteiger partial charge on any atom is 0.352 e. The molecule has 2 aliphatic rings. The van der Waals surface area contributed by atoms with Crippen LogP contribution < -0.4 is 11.1 Å². The highest BCUT2D eigenvalue weighted by Crippen LogP contribution is 2.40. The molecule has 2 aliphatic heterocycles. The number of carbonyl (C=O) groups excluding carboxylic acids is 2. The summed E-state index contributed by atoms with van der Waals surface area (Å²) >= 11 is 1.27. The fraction of sp³-hybridized carbons (Fsp3) is 0.312. The molecule has 1 fully saturated rings. The standard InChI is InChI=1S/C16H16N6O5S/c17-10(7-1-3-9(23)4-2-7)13(24)20-11-14(25)22-12(16(26)27)8(5-19-21-18)6-28-15(11)22/h1-4,10-11,15,23H,5-6,17H2,(H,20,24)(H,26,27)/t10-,11?,15-/m1/s1. The third kappa shape index (κ3) is 3.48. The van der Waals surface area contributed by atoms with Crippen LogP contribution in [0.1, 0.15) is 11.6 Å². The van der Waals surface area contributed by atoms with Crippen molar-refractivity contribution in [3.63, 3.8) is 0 Å². The molecule has 0 aromatic heterocycles. The first-order valence-corrected chi connectivity index (χ1v) is 9.15. The molecule has 28 heavy (non-hydrogen) atoms. The van der Waals surface area contributed by atoms with Crippen molar-refractivity contribution in [2.24, 2.45) is 10.8 Å². The van der Waals surface area contributed by atoms with E-state index in [1.807, 2.05) is 0 Å². The number of azide groups is 1. The van der Waals surface area contributed by atoms with Crippen LogP contribution in [0.3, 0.4) is 0 Å². The highest BCUT2D eigenvalue weighted by atomic mass is 32.2. The van der Waals surface area contributed by atoms with E-state index in [4.69, 9.17) is 11.3 Å². The molecule has 146 valence electrons. The highest BCUT2D eigenvalue weighted by molar-refractivity contribution is 8.00. The van der Waals surface area contributed by atoms with E-state index in [-0.39, 0.29) is 23.7 Å². The van der Waals surface area contributed by atoms with Crippen LogP contribution in [0.2, 0.25) is 0 Å². The molecule has 2 heterocycles. The molecule has 2 amide bonds. The molecule has 5 N–H and O–H groups in total. The Labute approximate surface area is 162 Å². The van der Waals surface area contributed by atoms with E-state index in [0.717, 1.165) is 4.90 Å². The second-order valence-corrected chi connectivity index (χ2v) is 7.22. The van der Waals surface area contributed by atoms with Gasteiger partial charge in [-0.25, -0.2) is 4.79 Å². The lowest BCUT2D eigenvalue weighted by atomic mass is 10.0. The van der Waals surface area contributed by atoms with Gasteiger partial charge in [0.1, 0.15) is 28.9 Å². The maximum absolute atomic E-state index is 12.5. The van der Waals surface area contributed by atoms with E-state index in [1.54, 1.807) is 0 Å². The summed E-state index contributed by atoms with van der Waals surface area (Å²) in [6, 6.07) is 3.83. The molecule has 1 aromatic carbocycles. The number of benzene rings is 1. The zero-order valence-corrected chi connectivity index (χ0v) is 15.2. The van der Waals surface area contributed by atoms with Gasteiger partial charge in [0.05, 0.1) is 6.54 Å². The van der Waals surface area contributed by atoms with Gasteiger partial charge in [0.2, 0.25) is 5.91 Å². The summed E-state index contributed by atoms with van der Waals surface area (Å²) in [5, 5.41) is 24.1. The number of hydrogen-bond acceptors (Lipinski definition) is 7. The van der Waals surface area contributed by atoms with Gasteiger partial charge in [-0.1, -0.05) is 17.2 Å². The van der Waals surface area contributed by atoms with Crippen molar-refractivity contribution in [2.75, 3.05) is 12.3 Å². The second kappa shape index (κ2) is 7.80. The number of carboxylic acids is 1. The molecule has 0 radical (unpaired) electrons. The molecular weight excluding hydrogens is 388 g/mol. The Bertz CT molecular complexity index is 911. The van der Waals surface area contributed by atoms with Crippen molar-refractivity contribution in [1.82, 2.24) is 10.2 Å². The predicted octanol–water partition coefficient (Wildman–Crippen LogP) is 0.441. The number of hydrogen-bond donors (Lipinski definition) is 4. The Morgan fingerprint density at radius 1 is 1.43 bits per heavy atom. The summed E-state index contributed by atoms with van der Waals surface area (Å²) in [5.41, 5.74) is 14.9. The third-order valence-corrected chi connectivity index (χ3v) is 5.75. The minimum atomic E-state index is -1.30. The number of aromatic hydroxyl groups is 1. The van der Waals surface area contributed by atoms with Gasteiger partial charge in [0.15, 0.2) is 0 Å². The first kappa shape index (κ1) is 19.5. The minimum absolute atomic E-state index is 0.0318. The molecule has 0 saturated carbocycles. The zero-order valence-electron chi connectivity index (χ0n) is 14.3. The number of fused-ring (bicyclic) bond motifs is 1. The van der Waals surface area contributed by atoms with Crippen molar-refractivity contribution in [3.05, 3.63) is 51.5 Å². The van der Waals surface area contributed by atoms with Crippen LogP contribution in [0.4, 0.5) is 0 Å². The fourth-order valence-electron chi connectivity index (χ4n) is 3.00. The topological polar surface area (TPSA) is 182 Å². The lowest BCUT2D eigenvalue weighted by molar-refractivity contribution is -0.150. The first-order valence-electron chi connectivity index (χ1n) is 8.11. The summed E-state index contributed by atoms with van der Waals surface area (Å²) < 4.78 is 0. The van der Waals surface area contributed by atoms with Crippen molar-refractivity contribution < 1.29 is 24.6 Å². The van der Waals surface area contributed by atoms with E-state index < -0.39 is 35.2 Å². The van der Waals surface area contributed by atoms with E-state index >= 15 is 0 Å². The van der Waals surface area contributed by atoms with E-state index in [2.05, 4.69) is 15.3 Å². The first-order chi connectivity index (χ1) is 13.3. The summed E-state index contributed by atoms with van der Waals surface area (Å²) in [6.45, 7) is -0.148. The Morgan fingerprint density at radius 3 is 2.71 bits per heavy atom. The molecule has 3 atom stereocenters. The van der Waals surface area contributed by atoms with Crippen LogP contribution in [0, 0.1) is 0 Å². The Morgan fingerprint density at radius 2 is 2.11 bits per heavy atom. The van der Waals surface area contributed by atoms with Crippen LogP contribution in [0.15, 0.2) is 40.6 Å². The predicted molar refractivity (Wildman–Crippen MR) is 98.7 cm³/mol. The van der Waals surface area contributed by atoms with Gasteiger partial charge in [-0.3, -0.25) is 14.5 Å². The summed E-state index contributed by atoms with van der Waals surface area (Å²) in [7, 11) is 0. The number of phenols is 1. The Hall–Kier alpha value is -3.21. The van der Waals surface area contributed by atoms with Crippen molar-refractivity contribution in [3.8, 4) is 5.75 Å². The summed E-state index contributed by atoms with van der Waals surface area (Å²) in [5.74, 6) is -2.17. The quantitative estimate of drug-likeness (QED) is 0.229. The number of aliphatic carboxylic acids is 1. The molecular formula is C16H16N6O5S. The second-order valence-electron chi connectivity index (χ2n) is 6.11. The molecule has 0 spiro atoms. The number of nitrogens with zero attached hydrogens (tertiary/aromatic N) is 4. The summed E-state index contributed by atoms with van der Waals surface area (Å²) in [6.07, 6.45) is 0. The number of nitrogens with two attached hydrogens (primary N) is 1. The van der Waals surface area contributed by atoms with Gasteiger partial charge in [0, 0.05) is 10.7 Å². The average Bonchev–Trinajstić information content (AvgIpc) is 2.69. The molecule has 12 heteroatoms. The van der Waals surface area contributed by atoms with Gasteiger partial charge < -0.3 is 21.3 Å². The normalized spacial score (nSPS) is 21.9. The van der Waals surface area contributed by atoms with Crippen molar-refractivity contribution in [1.29, 1.82) is 0 Å². The molecule has 0 aliphatic carbocycles. The van der Waals surface area contributed by atoms with Crippen LogP contribution in [-0.2, 0) is 14.4 Å². The van der Waals surface area contributed by atoms with Crippen LogP contribution in [0.25, 0.3) is 10.4 Å². The van der Waals surface area contributed by atoms with Crippen LogP contribution >= 0.6 is 11.8 Å². The third-order valence-electron chi connectivity index (χ3n) is 4.41. The molecule has 11 nitrogen and oxygen atoms in total. The lowest BCUT2D eigenvalue weighted by Crippen LogP contribution is -2.71. The highest BCUT2D eigenvalue weighted by Gasteiger charge is 2.54. The van der Waals surface area contributed by atoms with E-state index in [9.17, 15) is 24.6 Å². The Balaban J connectivity index is 1.73. The van der Waals surface area contributed by atoms with Gasteiger partial charge in [-0.05, 0) is 28.8 Å². The van der Waals surface area contributed by atoms with Crippen molar-refractivity contribution in [2.45, 2.75) is 17.5 Å². The van der Waals surface area contributed by atoms with Gasteiger partial charge in [-0.2, -0.15) is 0 Å². The zero-order chi connectivity index (χ0) is 20.4. The number of thioether (sulfide) groups is 1. The average molecular weight is 404 g/mol. The van der Waals surface area contributed by atoms with Gasteiger partial charge >= 0.3 is 5.97 Å². The summed E-state index contributed by atoms with van der Waals surface area (Å²) in [4.78, 5) is 40.2. The number of carboxylic acid groups (broad SMARTS) is 1. The number of phenolic OH excluding ortho intramolecular Hbond substituents is 1. The minimum Gasteiger partial charge on any atom is -0.508 e. The smallest absolute Gasteiger partial charge is 0.352 e.